The second-order valence-electron chi connectivity index (χ2n) is 8.79. The van der Waals surface area contributed by atoms with E-state index in [2.05, 4.69) is 16.9 Å². The first kappa shape index (κ1) is 22.0. The van der Waals surface area contributed by atoms with E-state index < -0.39 is 22.9 Å². The van der Waals surface area contributed by atoms with Crippen LogP contribution in [0.3, 0.4) is 0 Å². The molecule has 0 saturated carbocycles. The van der Waals surface area contributed by atoms with Gasteiger partial charge in [-0.25, -0.2) is 9.78 Å². The fraction of sp³-hybridized carbons (Fsp3) is 0.478. The van der Waals surface area contributed by atoms with Gasteiger partial charge in [-0.05, 0) is 38.8 Å². The highest BCUT2D eigenvalue weighted by atomic mass is 16.3. The van der Waals surface area contributed by atoms with Crippen LogP contribution in [0.15, 0.2) is 40.1 Å². The van der Waals surface area contributed by atoms with Crippen LogP contribution in [0.1, 0.15) is 44.1 Å². The Balaban J connectivity index is 1.63. The molecule has 2 aromatic heterocycles. The largest absolute Gasteiger partial charge is 0.388 e. The summed E-state index contributed by atoms with van der Waals surface area (Å²) in [6.45, 7) is 6.04. The molecule has 3 heterocycles. The monoisotopic (exact) mass is 439 g/mol. The molecular weight excluding hydrogens is 410 g/mol. The van der Waals surface area contributed by atoms with Crippen molar-refractivity contribution in [1.82, 2.24) is 24.0 Å². The molecule has 3 aromatic rings. The van der Waals surface area contributed by atoms with E-state index in [0.717, 1.165) is 29.7 Å². The Labute approximate surface area is 185 Å². The van der Waals surface area contributed by atoms with Crippen molar-refractivity contribution in [3.8, 4) is 0 Å². The number of imidazole rings is 1. The fourth-order valence-corrected chi connectivity index (χ4v) is 4.41. The van der Waals surface area contributed by atoms with Gasteiger partial charge in [0.1, 0.15) is 12.4 Å². The van der Waals surface area contributed by atoms with E-state index in [1.807, 2.05) is 28.8 Å². The molecule has 9 nitrogen and oxygen atoms in total. The van der Waals surface area contributed by atoms with Crippen LogP contribution < -0.4 is 11.2 Å². The molecule has 0 spiro atoms. The van der Waals surface area contributed by atoms with E-state index in [0.29, 0.717) is 18.5 Å². The number of carbonyl (C=O) groups excluding carboxylic acids is 1. The summed E-state index contributed by atoms with van der Waals surface area (Å²) in [5, 5.41) is 11.0. The quantitative estimate of drug-likeness (QED) is 0.623. The summed E-state index contributed by atoms with van der Waals surface area (Å²) in [4.78, 5) is 46.2. The summed E-state index contributed by atoms with van der Waals surface area (Å²) < 4.78 is 3.30. The maximum atomic E-state index is 13.3. The van der Waals surface area contributed by atoms with Crippen molar-refractivity contribution in [2.45, 2.75) is 58.2 Å². The number of likely N-dealkylation sites (tertiary alicyclic amines) is 1. The van der Waals surface area contributed by atoms with Gasteiger partial charge in [0, 0.05) is 31.3 Å². The molecule has 2 atom stereocenters. The number of hydrogen-bond donors (Lipinski definition) is 2. The van der Waals surface area contributed by atoms with Crippen LogP contribution in [0.25, 0.3) is 11.0 Å². The number of nitrogens with one attached hydrogen (secondary N) is 1. The van der Waals surface area contributed by atoms with Gasteiger partial charge in [-0.15, -0.1) is 0 Å². The lowest BCUT2D eigenvalue weighted by atomic mass is 9.88. The lowest BCUT2D eigenvalue weighted by Gasteiger charge is -2.43. The Morgan fingerprint density at radius 2 is 2.06 bits per heavy atom. The first-order chi connectivity index (χ1) is 15.2. The van der Waals surface area contributed by atoms with Gasteiger partial charge in [0.15, 0.2) is 0 Å². The van der Waals surface area contributed by atoms with Gasteiger partial charge in [0.25, 0.3) is 5.56 Å². The number of hydrogen-bond acceptors (Lipinski definition) is 5. The number of amides is 1. The van der Waals surface area contributed by atoms with Crippen molar-refractivity contribution >= 4 is 16.9 Å². The number of H-pyrrole nitrogens is 1. The van der Waals surface area contributed by atoms with E-state index >= 15 is 0 Å². The summed E-state index contributed by atoms with van der Waals surface area (Å²) in [6, 6.07) is 7.09. The zero-order chi connectivity index (χ0) is 23.0. The number of fused-ring (bicyclic) bond motifs is 1. The summed E-state index contributed by atoms with van der Waals surface area (Å²) in [5.41, 5.74) is -0.0924. The van der Waals surface area contributed by atoms with Gasteiger partial charge >= 0.3 is 5.69 Å². The third kappa shape index (κ3) is 4.00. The predicted octanol–water partition coefficient (Wildman–Crippen LogP) is 1.37. The molecule has 9 heteroatoms. The highest BCUT2D eigenvalue weighted by Gasteiger charge is 2.41. The Kier molecular flexibility index (Phi) is 5.77. The Morgan fingerprint density at radius 3 is 2.81 bits per heavy atom. The average Bonchev–Trinajstić information content (AvgIpc) is 3.08. The van der Waals surface area contributed by atoms with Gasteiger partial charge in [0.2, 0.25) is 5.91 Å². The molecule has 170 valence electrons. The van der Waals surface area contributed by atoms with Crippen LogP contribution >= 0.6 is 0 Å². The second kappa shape index (κ2) is 8.38. The summed E-state index contributed by atoms with van der Waals surface area (Å²) in [5.74, 6) is 0.773. The third-order valence-corrected chi connectivity index (χ3v) is 6.33. The van der Waals surface area contributed by atoms with Gasteiger partial charge < -0.3 is 14.6 Å². The SMILES string of the molecule is CCCc1nc2ccccc2n1CC(=O)N1CC[C@@](C)(O)[C@H](n2cc(C)c(=O)[nH]c2=O)C1. The molecule has 1 saturated heterocycles. The number of aromatic amines is 1. The van der Waals surface area contributed by atoms with Crippen LogP contribution in [-0.4, -0.2) is 53.7 Å². The molecule has 1 amide bonds. The molecule has 4 rings (SSSR count). The third-order valence-electron chi connectivity index (χ3n) is 6.33. The number of benzene rings is 1. The molecule has 0 radical (unpaired) electrons. The van der Waals surface area contributed by atoms with Crippen LogP contribution in [0.4, 0.5) is 0 Å². The van der Waals surface area contributed by atoms with Crippen molar-refractivity contribution in [2.24, 2.45) is 0 Å². The second-order valence-corrected chi connectivity index (χ2v) is 8.79. The van der Waals surface area contributed by atoms with E-state index in [1.54, 1.807) is 18.7 Å². The van der Waals surface area contributed by atoms with Gasteiger partial charge in [-0.1, -0.05) is 19.1 Å². The summed E-state index contributed by atoms with van der Waals surface area (Å²) in [7, 11) is 0. The molecule has 1 aliphatic heterocycles. The van der Waals surface area contributed by atoms with Crippen molar-refractivity contribution in [2.75, 3.05) is 13.1 Å². The lowest BCUT2D eigenvalue weighted by Crippen LogP contribution is -2.55. The standard InChI is InChI=1S/C23H29N5O4/c1-4-7-19-24-16-8-5-6-9-17(16)27(19)14-20(29)26-11-10-23(3,32)18(13-26)28-12-15(2)21(30)25-22(28)31/h5-6,8-9,12,18,32H,4,7,10-11,13-14H2,1-3H3,(H,25,30,31)/t18-,23-/m1/s1. The number of aryl methyl sites for hydroxylation is 2. The number of para-hydroxylation sites is 2. The van der Waals surface area contributed by atoms with Crippen LogP contribution in [0.2, 0.25) is 0 Å². The zero-order valence-corrected chi connectivity index (χ0v) is 18.7. The van der Waals surface area contributed by atoms with E-state index in [9.17, 15) is 19.5 Å². The van der Waals surface area contributed by atoms with Gasteiger partial charge in [0.05, 0.1) is 22.7 Å². The first-order valence-electron chi connectivity index (χ1n) is 11.0. The minimum atomic E-state index is -1.19. The van der Waals surface area contributed by atoms with Crippen LogP contribution in [0.5, 0.6) is 0 Å². The minimum Gasteiger partial charge on any atom is -0.388 e. The van der Waals surface area contributed by atoms with E-state index in [-0.39, 0.29) is 19.0 Å². The predicted molar refractivity (Wildman–Crippen MR) is 121 cm³/mol. The zero-order valence-electron chi connectivity index (χ0n) is 18.7. The molecule has 0 unspecified atom stereocenters. The van der Waals surface area contributed by atoms with Crippen LogP contribution in [0, 0.1) is 6.92 Å². The fourth-order valence-electron chi connectivity index (χ4n) is 4.41. The molecule has 1 aliphatic rings. The van der Waals surface area contributed by atoms with Crippen LogP contribution in [-0.2, 0) is 17.8 Å². The number of rotatable bonds is 5. The van der Waals surface area contributed by atoms with Gasteiger partial charge in [-0.2, -0.15) is 0 Å². The molecule has 32 heavy (non-hydrogen) atoms. The average molecular weight is 440 g/mol. The Bertz CT molecular complexity index is 1270. The maximum absolute atomic E-state index is 13.3. The molecule has 1 fully saturated rings. The maximum Gasteiger partial charge on any atom is 0.328 e. The van der Waals surface area contributed by atoms with Crippen molar-refractivity contribution in [3.05, 3.63) is 62.7 Å². The Morgan fingerprint density at radius 1 is 1.31 bits per heavy atom. The number of aliphatic hydroxyl groups is 1. The van der Waals surface area contributed by atoms with Gasteiger partial charge in [-0.3, -0.25) is 19.1 Å². The van der Waals surface area contributed by atoms with Crippen molar-refractivity contribution < 1.29 is 9.90 Å². The van der Waals surface area contributed by atoms with Crippen molar-refractivity contribution in [1.29, 1.82) is 0 Å². The first-order valence-corrected chi connectivity index (χ1v) is 11.0. The normalized spacial score (nSPS) is 21.2. The summed E-state index contributed by atoms with van der Waals surface area (Å²) >= 11 is 0. The highest BCUT2D eigenvalue weighted by Crippen LogP contribution is 2.31. The number of piperidine rings is 1. The van der Waals surface area contributed by atoms with E-state index in [4.69, 9.17) is 0 Å². The Hall–Kier alpha value is -3.20. The topological polar surface area (TPSA) is 113 Å². The summed E-state index contributed by atoms with van der Waals surface area (Å²) in [6.07, 6.45) is 3.46. The number of nitrogens with zero attached hydrogens (tertiary/aromatic N) is 4. The number of carbonyl (C=O) groups is 1. The minimum absolute atomic E-state index is 0.0970. The molecule has 0 bridgehead atoms. The van der Waals surface area contributed by atoms with E-state index in [1.165, 1.54) is 10.8 Å². The highest BCUT2D eigenvalue weighted by molar-refractivity contribution is 5.81. The molecule has 0 aliphatic carbocycles. The smallest absolute Gasteiger partial charge is 0.328 e. The molecule has 2 N–H and O–H groups in total. The van der Waals surface area contributed by atoms with Crippen molar-refractivity contribution in [3.63, 3.8) is 0 Å². The lowest BCUT2D eigenvalue weighted by molar-refractivity contribution is -0.138. The number of aromatic nitrogens is 4. The molecule has 1 aromatic carbocycles. The molecular formula is C23H29N5O4.